The molecule has 0 aliphatic carbocycles. The van der Waals surface area contributed by atoms with E-state index in [0.717, 1.165) is 18.5 Å². The number of sulfonamides is 1. The summed E-state index contributed by atoms with van der Waals surface area (Å²) in [6.07, 6.45) is 5.85. The standard InChI is InChI=1S/C25H27ClN4O4S/c1-16-24(28-15-29-25(16)34-23-8-5-11-27-17(23)2)33-21-12-19-9-10-20(13-21)30(19)35(31,32)14-18-6-3-4-7-22(18)26/h3-8,11,15,19-21H,9-10,12-14H2,1-2H3. The van der Waals surface area contributed by atoms with Gasteiger partial charge in [0.05, 0.1) is 17.0 Å². The quantitative estimate of drug-likeness (QED) is 0.445. The van der Waals surface area contributed by atoms with Gasteiger partial charge in [0.15, 0.2) is 5.75 Å². The minimum absolute atomic E-state index is 0.0926. The van der Waals surface area contributed by atoms with Crippen LogP contribution in [0.1, 0.15) is 42.5 Å². The number of aromatic nitrogens is 3. The first-order valence-electron chi connectivity index (χ1n) is 11.6. The summed E-state index contributed by atoms with van der Waals surface area (Å²) in [6, 6.07) is 10.5. The van der Waals surface area contributed by atoms with Crippen molar-refractivity contribution in [1.82, 2.24) is 19.3 Å². The number of aryl methyl sites for hydroxylation is 1. The van der Waals surface area contributed by atoms with E-state index in [1.165, 1.54) is 6.33 Å². The topological polar surface area (TPSA) is 94.5 Å². The van der Waals surface area contributed by atoms with E-state index in [9.17, 15) is 8.42 Å². The van der Waals surface area contributed by atoms with Crippen molar-refractivity contribution in [1.29, 1.82) is 0 Å². The van der Waals surface area contributed by atoms with E-state index in [4.69, 9.17) is 21.1 Å². The van der Waals surface area contributed by atoms with E-state index in [1.54, 1.807) is 34.8 Å². The number of pyridine rings is 1. The van der Waals surface area contributed by atoms with Crippen LogP contribution in [0, 0.1) is 13.8 Å². The van der Waals surface area contributed by atoms with Crippen LogP contribution in [0.2, 0.25) is 5.02 Å². The zero-order valence-electron chi connectivity index (χ0n) is 19.6. The van der Waals surface area contributed by atoms with E-state index >= 15 is 0 Å². The van der Waals surface area contributed by atoms with Crippen molar-refractivity contribution in [3.8, 4) is 17.5 Å². The molecule has 0 spiro atoms. The second kappa shape index (κ2) is 9.72. The van der Waals surface area contributed by atoms with Gasteiger partial charge in [-0.1, -0.05) is 29.8 Å². The Kier molecular flexibility index (Phi) is 6.65. The van der Waals surface area contributed by atoms with Crippen molar-refractivity contribution >= 4 is 21.6 Å². The molecule has 0 N–H and O–H groups in total. The smallest absolute Gasteiger partial charge is 0.229 e. The summed E-state index contributed by atoms with van der Waals surface area (Å²) in [7, 11) is -3.50. The lowest BCUT2D eigenvalue weighted by molar-refractivity contribution is 0.0907. The van der Waals surface area contributed by atoms with Gasteiger partial charge in [-0.25, -0.2) is 18.4 Å². The van der Waals surface area contributed by atoms with Gasteiger partial charge in [-0.3, -0.25) is 4.98 Å². The SMILES string of the molecule is Cc1ncccc1Oc1ncnc(OC2CC3CCC(C2)N3S(=O)(=O)Cc2ccccc2Cl)c1C. The molecule has 0 saturated carbocycles. The maximum absolute atomic E-state index is 13.3. The fraction of sp³-hybridized carbons (Fsp3) is 0.400. The lowest BCUT2D eigenvalue weighted by Crippen LogP contribution is -2.49. The normalized spacial score (nSPS) is 22.2. The first-order chi connectivity index (χ1) is 16.8. The molecular weight excluding hydrogens is 488 g/mol. The van der Waals surface area contributed by atoms with Crippen molar-refractivity contribution in [3.05, 3.63) is 70.8 Å². The lowest BCUT2D eigenvalue weighted by atomic mass is 10.0. The van der Waals surface area contributed by atoms with Crippen LogP contribution in [0.5, 0.6) is 17.5 Å². The highest BCUT2D eigenvalue weighted by molar-refractivity contribution is 7.88. The highest BCUT2D eigenvalue weighted by Gasteiger charge is 2.47. The molecule has 0 radical (unpaired) electrons. The molecule has 8 nitrogen and oxygen atoms in total. The average molecular weight is 515 g/mol. The summed E-state index contributed by atoms with van der Waals surface area (Å²) in [5, 5.41) is 0.473. The highest BCUT2D eigenvalue weighted by Crippen LogP contribution is 2.41. The van der Waals surface area contributed by atoms with Crippen LogP contribution >= 0.6 is 11.6 Å². The summed E-state index contributed by atoms with van der Waals surface area (Å²) in [6.45, 7) is 3.72. The second-order valence-electron chi connectivity index (χ2n) is 9.07. The minimum atomic E-state index is -3.50. The summed E-state index contributed by atoms with van der Waals surface area (Å²) in [4.78, 5) is 12.8. The third-order valence-electron chi connectivity index (χ3n) is 6.67. The molecule has 2 fully saturated rings. The van der Waals surface area contributed by atoms with Crippen molar-refractivity contribution in [2.24, 2.45) is 0 Å². The monoisotopic (exact) mass is 514 g/mol. The van der Waals surface area contributed by atoms with E-state index in [1.807, 2.05) is 26.0 Å². The minimum Gasteiger partial charge on any atom is -0.474 e. The van der Waals surface area contributed by atoms with Gasteiger partial charge in [-0.05, 0) is 50.5 Å². The molecule has 2 saturated heterocycles. The number of benzene rings is 1. The van der Waals surface area contributed by atoms with E-state index in [0.29, 0.717) is 46.5 Å². The Morgan fingerprint density at radius 1 is 1.00 bits per heavy atom. The first-order valence-corrected chi connectivity index (χ1v) is 13.6. The molecule has 10 heteroatoms. The predicted octanol–water partition coefficient (Wildman–Crippen LogP) is 4.84. The zero-order chi connectivity index (χ0) is 24.6. The Labute approximate surface area is 210 Å². The third kappa shape index (κ3) is 4.98. The Balaban J connectivity index is 1.29. The molecule has 5 rings (SSSR count). The number of ether oxygens (including phenoxy) is 2. The number of nitrogens with zero attached hydrogens (tertiary/aromatic N) is 4. The molecule has 184 valence electrons. The Bertz CT molecular complexity index is 1320. The van der Waals surface area contributed by atoms with Crippen molar-refractivity contribution in [2.75, 3.05) is 0 Å². The van der Waals surface area contributed by atoms with Gasteiger partial charge in [-0.15, -0.1) is 0 Å². The first kappa shape index (κ1) is 24.0. The number of halogens is 1. The van der Waals surface area contributed by atoms with Crippen LogP contribution in [0.25, 0.3) is 0 Å². The molecule has 1 aromatic carbocycles. The summed E-state index contributed by atoms with van der Waals surface area (Å²) < 4.78 is 40.6. The molecule has 4 heterocycles. The molecule has 2 aromatic heterocycles. The van der Waals surface area contributed by atoms with Crippen LogP contribution in [-0.2, 0) is 15.8 Å². The molecule has 2 atom stereocenters. The highest BCUT2D eigenvalue weighted by atomic mass is 35.5. The Morgan fingerprint density at radius 2 is 1.71 bits per heavy atom. The van der Waals surface area contributed by atoms with Crippen molar-refractivity contribution in [2.45, 2.75) is 63.5 Å². The molecule has 2 unspecified atom stereocenters. The van der Waals surface area contributed by atoms with Crippen molar-refractivity contribution in [3.63, 3.8) is 0 Å². The largest absolute Gasteiger partial charge is 0.474 e. The Hall–Kier alpha value is -2.75. The number of hydrogen-bond donors (Lipinski definition) is 0. The zero-order valence-corrected chi connectivity index (χ0v) is 21.2. The van der Waals surface area contributed by atoms with Crippen LogP contribution in [0.3, 0.4) is 0 Å². The van der Waals surface area contributed by atoms with Gasteiger partial charge in [0.2, 0.25) is 21.8 Å². The maximum Gasteiger partial charge on any atom is 0.229 e. The van der Waals surface area contributed by atoms with Crippen LogP contribution in [0.4, 0.5) is 0 Å². The fourth-order valence-electron chi connectivity index (χ4n) is 5.00. The van der Waals surface area contributed by atoms with Gasteiger partial charge in [0.1, 0.15) is 12.4 Å². The maximum atomic E-state index is 13.3. The van der Waals surface area contributed by atoms with Crippen LogP contribution in [0.15, 0.2) is 48.9 Å². The van der Waals surface area contributed by atoms with Gasteiger partial charge in [0.25, 0.3) is 0 Å². The summed E-state index contributed by atoms with van der Waals surface area (Å²) >= 11 is 6.23. The molecule has 2 aliphatic heterocycles. The second-order valence-corrected chi connectivity index (χ2v) is 11.4. The van der Waals surface area contributed by atoms with Crippen LogP contribution in [-0.4, -0.2) is 45.9 Å². The van der Waals surface area contributed by atoms with Gasteiger partial charge >= 0.3 is 0 Å². The number of rotatable bonds is 7. The summed E-state index contributed by atoms with van der Waals surface area (Å²) in [5.41, 5.74) is 2.08. The predicted molar refractivity (Wildman–Crippen MR) is 132 cm³/mol. The lowest BCUT2D eigenvalue weighted by Gasteiger charge is -2.37. The van der Waals surface area contributed by atoms with Gasteiger partial charge < -0.3 is 9.47 Å². The molecule has 2 bridgehead atoms. The average Bonchev–Trinajstić information content (AvgIpc) is 3.11. The van der Waals surface area contributed by atoms with E-state index in [2.05, 4.69) is 15.0 Å². The van der Waals surface area contributed by atoms with Gasteiger partial charge in [-0.2, -0.15) is 4.31 Å². The Morgan fingerprint density at radius 3 is 2.43 bits per heavy atom. The van der Waals surface area contributed by atoms with Crippen LogP contribution < -0.4 is 9.47 Å². The molecule has 35 heavy (non-hydrogen) atoms. The van der Waals surface area contributed by atoms with Crippen molar-refractivity contribution < 1.29 is 17.9 Å². The summed E-state index contributed by atoms with van der Waals surface area (Å²) in [5.74, 6) is 1.39. The number of hydrogen-bond acceptors (Lipinski definition) is 7. The number of fused-ring (bicyclic) bond motifs is 2. The molecule has 2 aliphatic rings. The van der Waals surface area contributed by atoms with E-state index < -0.39 is 10.0 Å². The molecule has 3 aromatic rings. The van der Waals surface area contributed by atoms with Gasteiger partial charge in [0, 0.05) is 36.1 Å². The molecule has 0 amide bonds. The third-order valence-corrected chi connectivity index (χ3v) is 8.96. The van der Waals surface area contributed by atoms with E-state index in [-0.39, 0.29) is 23.9 Å². The molecular formula is C25H27ClN4O4S. The number of piperidine rings is 1. The fourth-order valence-corrected chi connectivity index (χ4v) is 7.37.